The summed E-state index contributed by atoms with van der Waals surface area (Å²) >= 11 is 0. The Bertz CT molecular complexity index is 1320. The van der Waals surface area contributed by atoms with E-state index >= 15 is 0 Å². The van der Waals surface area contributed by atoms with Crippen LogP contribution >= 0.6 is 0 Å². The molecule has 2 aromatic heterocycles. The van der Waals surface area contributed by atoms with Crippen LogP contribution < -0.4 is 5.56 Å². The number of rotatable bonds is 3. The predicted molar refractivity (Wildman–Crippen MR) is 125 cm³/mol. The quantitative estimate of drug-likeness (QED) is 0.351. The monoisotopic (exact) mass is 432 g/mol. The third-order valence-corrected chi connectivity index (χ3v) is 8.29. The number of fused-ring (bicyclic) bond motifs is 5. The summed E-state index contributed by atoms with van der Waals surface area (Å²) in [5.41, 5.74) is 5.72. The van der Waals surface area contributed by atoms with Gasteiger partial charge in [-0.1, -0.05) is 44.8 Å². The number of hydrogen-bond donors (Lipinski definition) is 0. The molecule has 2 aliphatic rings. The fraction of sp³-hybridized carbons (Fsp3) is 0.400. The van der Waals surface area contributed by atoms with Gasteiger partial charge < -0.3 is 9.30 Å². The highest BCUT2D eigenvalue weighted by molar-refractivity contribution is 6.75. The van der Waals surface area contributed by atoms with E-state index in [9.17, 15) is 9.59 Å². The molecule has 1 atom stereocenters. The third kappa shape index (κ3) is 2.92. The molecule has 0 N–H and O–H groups in total. The molecule has 0 radical (unpaired) electrons. The first kappa shape index (κ1) is 20.2. The topological polar surface area (TPSA) is 61.2 Å². The minimum atomic E-state index is -1.42. The molecule has 5 nitrogen and oxygen atoms in total. The van der Waals surface area contributed by atoms with Gasteiger partial charge in [0.2, 0.25) is 0 Å². The number of esters is 1. The SMILES string of the molecule is CC[C@@]1(C)C(=O)OCc2c1cc1n(c2=O)Cc2c-1nc1ccccc1c2C[Si](C)(C)C. The van der Waals surface area contributed by atoms with Gasteiger partial charge in [-0.2, -0.15) is 0 Å². The number of ether oxygens (including phenoxy) is 1. The Kier molecular flexibility index (Phi) is 4.32. The van der Waals surface area contributed by atoms with Gasteiger partial charge in [-0.15, -0.1) is 0 Å². The average Bonchev–Trinajstić information content (AvgIpc) is 3.09. The molecule has 3 aromatic rings. The Morgan fingerprint density at radius 3 is 2.61 bits per heavy atom. The van der Waals surface area contributed by atoms with Crippen LogP contribution in [-0.4, -0.2) is 23.6 Å². The summed E-state index contributed by atoms with van der Waals surface area (Å²) in [6, 6.07) is 11.3. The molecule has 0 aliphatic carbocycles. The lowest BCUT2D eigenvalue weighted by Crippen LogP contribution is -2.42. The first-order valence-electron chi connectivity index (χ1n) is 11.0. The van der Waals surface area contributed by atoms with Gasteiger partial charge in [-0.25, -0.2) is 4.98 Å². The summed E-state index contributed by atoms with van der Waals surface area (Å²) in [7, 11) is -1.42. The normalized spacial score (nSPS) is 19.7. The van der Waals surface area contributed by atoms with Gasteiger partial charge in [0.25, 0.3) is 5.56 Å². The van der Waals surface area contributed by atoms with Gasteiger partial charge in [-0.3, -0.25) is 9.59 Å². The van der Waals surface area contributed by atoms with Crippen molar-refractivity contribution in [3.8, 4) is 11.4 Å². The maximum absolute atomic E-state index is 13.5. The van der Waals surface area contributed by atoms with Crippen LogP contribution in [0, 0.1) is 0 Å². The van der Waals surface area contributed by atoms with E-state index in [4.69, 9.17) is 9.72 Å². The van der Waals surface area contributed by atoms with Gasteiger partial charge in [0.05, 0.1) is 34.4 Å². The number of nitrogens with zero attached hydrogens (tertiary/aromatic N) is 2. The number of hydrogen-bond acceptors (Lipinski definition) is 4. The predicted octanol–water partition coefficient (Wildman–Crippen LogP) is 4.57. The van der Waals surface area contributed by atoms with Gasteiger partial charge in [0, 0.05) is 19.0 Å². The molecule has 160 valence electrons. The molecule has 0 fully saturated rings. The lowest BCUT2D eigenvalue weighted by molar-refractivity contribution is -0.153. The Morgan fingerprint density at radius 1 is 1.16 bits per heavy atom. The average molecular weight is 433 g/mol. The molecule has 4 heterocycles. The maximum Gasteiger partial charge on any atom is 0.316 e. The van der Waals surface area contributed by atoms with E-state index in [1.165, 1.54) is 10.9 Å². The van der Waals surface area contributed by atoms with E-state index in [1.807, 2.05) is 30.5 Å². The fourth-order valence-electron chi connectivity index (χ4n) is 5.01. The molecule has 31 heavy (non-hydrogen) atoms. The van der Waals surface area contributed by atoms with Gasteiger partial charge in [0.1, 0.15) is 6.61 Å². The summed E-state index contributed by atoms with van der Waals surface area (Å²) < 4.78 is 7.25. The van der Waals surface area contributed by atoms with Crippen molar-refractivity contribution in [2.45, 2.75) is 64.5 Å². The first-order valence-corrected chi connectivity index (χ1v) is 14.7. The zero-order valence-corrected chi connectivity index (χ0v) is 19.8. The summed E-state index contributed by atoms with van der Waals surface area (Å²) in [6.45, 7) is 11.5. The van der Waals surface area contributed by atoms with Crippen molar-refractivity contribution in [1.29, 1.82) is 0 Å². The molecule has 2 aliphatic heterocycles. The highest BCUT2D eigenvalue weighted by Crippen LogP contribution is 2.41. The van der Waals surface area contributed by atoms with Gasteiger partial charge in [0.15, 0.2) is 0 Å². The summed E-state index contributed by atoms with van der Waals surface area (Å²) in [4.78, 5) is 31.1. The molecular formula is C25H28N2O3Si. The van der Waals surface area contributed by atoms with E-state index in [1.54, 1.807) is 0 Å². The van der Waals surface area contributed by atoms with Crippen LogP contribution in [0.15, 0.2) is 35.1 Å². The molecule has 1 aromatic carbocycles. The number of aromatic nitrogens is 2. The largest absolute Gasteiger partial charge is 0.460 e. The van der Waals surface area contributed by atoms with E-state index in [0.29, 0.717) is 18.5 Å². The van der Waals surface area contributed by atoms with Crippen molar-refractivity contribution < 1.29 is 9.53 Å². The molecule has 6 heteroatoms. The van der Waals surface area contributed by atoms with E-state index in [0.717, 1.165) is 34.1 Å². The summed E-state index contributed by atoms with van der Waals surface area (Å²) in [5, 5.41) is 1.19. The molecule has 0 bridgehead atoms. The number of para-hydroxylation sites is 1. The van der Waals surface area contributed by atoms with Crippen molar-refractivity contribution in [3.05, 3.63) is 62.9 Å². The van der Waals surface area contributed by atoms with Crippen LogP contribution in [0.25, 0.3) is 22.3 Å². The Hall–Kier alpha value is -2.73. The molecule has 0 spiro atoms. The van der Waals surface area contributed by atoms with Crippen molar-refractivity contribution in [2.75, 3.05) is 0 Å². The molecular weight excluding hydrogens is 404 g/mol. The van der Waals surface area contributed by atoms with E-state index < -0.39 is 13.5 Å². The van der Waals surface area contributed by atoms with Crippen molar-refractivity contribution in [2.24, 2.45) is 0 Å². The molecule has 0 saturated heterocycles. The lowest BCUT2D eigenvalue weighted by Gasteiger charge is -2.33. The maximum atomic E-state index is 13.5. The summed E-state index contributed by atoms with van der Waals surface area (Å²) in [6.07, 6.45) is 0.584. The smallest absolute Gasteiger partial charge is 0.316 e. The number of carbonyl (C=O) groups is 1. The van der Waals surface area contributed by atoms with Crippen LogP contribution in [-0.2, 0) is 34.1 Å². The summed E-state index contributed by atoms with van der Waals surface area (Å²) in [5.74, 6) is -0.254. The van der Waals surface area contributed by atoms with E-state index in [-0.39, 0.29) is 18.1 Å². The Labute approximate surface area is 183 Å². The van der Waals surface area contributed by atoms with Crippen molar-refractivity contribution in [1.82, 2.24) is 9.55 Å². The third-order valence-electron chi connectivity index (χ3n) is 6.88. The van der Waals surface area contributed by atoms with Crippen LogP contribution in [0.1, 0.15) is 42.5 Å². The van der Waals surface area contributed by atoms with Crippen molar-refractivity contribution in [3.63, 3.8) is 0 Å². The second-order valence-corrected chi connectivity index (χ2v) is 15.7. The second-order valence-electron chi connectivity index (χ2n) is 10.2. The van der Waals surface area contributed by atoms with Crippen LogP contribution in [0.5, 0.6) is 0 Å². The zero-order chi connectivity index (χ0) is 22.1. The van der Waals surface area contributed by atoms with E-state index in [2.05, 4.69) is 37.8 Å². The zero-order valence-electron chi connectivity index (χ0n) is 18.8. The highest BCUT2D eigenvalue weighted by atomic mass is 28.3. The number of carbonyl (C=O) groups excluding carboxylic acids is 1. The van der Waals surface area contributed by atoms with Crippen molar-refractivity contribution >= 4 is 24.9 Å². The standard InChI is InChI=1S/C25H28N2O3Si/c1-6-25(2)19-11-21-22-16(12-27(21)23(28)17(19)13-30-24(25)29)18(14-31(3,4)5)15-9-7-8-10-20(15)26-22/h7-11H,6,12-14H2,1-5H3/t25-/m1/s1. The fourth-order valence-corrected chi connectivity index (χ4v) is 6.47. The molecule has 0 amide bonds. The van der Waals surface area contributed by atoms with Crippen LogP contribution in [0.4, 0.5) is 0 Å². The number of pyridine rings is 2. The minimum Gasteiger partial charge on any atom is -0.460 e. The van der Waals surface area contributed by atoms with Gasteiger partial charge in [-0.05, 0) is 42.6 Å². The minimum absolute atomic E-state index is 0.0520. The first-order chi connectivity index (χ1) is 14.6. The lowest BCUT2D eigenvalue weighted by atomic mass is 9.76. The number of benzene rings is 1. The van der Waals surface area contributed by atoms with Gasteiger partial charge >= 0.3 is 5.97 Å². The Morgan fingerprint density at radius 2 is 1.90 bits per heavy atom. The second kappa shape index (κ2) is 6.63. The molecule has 0 saturated carbocycles. The number of cyclic esters (lactones) is 1. The highest BCUT2D eigenvalue weighted by Gasteiger charge is 2.43. The Balaban J connectivity index is 1.82. The molecule has 5 rings (SSSR count). The van der Waals surface area contributed by atoms with Crippen LogP contribution in [0.3, 0.4) is 0 Å². The molecule has 0 unspecified atom stereocenters. The van der Waals surface area contributed by atoms with Crippen LogP contribution in [0.2, 0.25) is 19.6 Å².